The Kier molecular flexibility index (Phi) is 5.74. The number of hydrogen-bond acceptors (Lipinski definition) is 4. The van der Waals surface area contributed by atoms with E-state index in [1.807, 2.05) is 33.8 Å². The number of hydrogen-bond donors (Lipinski definition) is 1. The summed E-state index contributed by atoms with van der Waals surface area (Å²) in [6.45, 7) is 9.91. The Balaban J connectivity index is 1.90. The Morgan fingerprint density at radius 2 is 2.26 bits per heavy atom. The molecule has 0 aliphatic carbocycles. The van der Waals surface area contributed by atoms with E-state index in [-0.39, 0.29) is 6.09 Å². The first-order valence-corrected chi connectivity index (χ1v) is 8.47. The standard InChI is InChI=1S/C17H26ClN3O2/c1-12-7-8-19-15(18)14(12)20-10-13-6-5-9-21(11-13)16(22)23-17(2,3)4/h7-8,13,20H,5-6,9-11H2,1-4H3. The van der Waals surface area contributed by atoms with Crippen LogP contribution in [0.3, 0.4) is 0 Å². The highest BCUT2D eigenvalue weighted by atomic mass is 35.5. The molecule has 1 aromatic heterocycles. The van der Waals surface area contributed by atoms with Crippen molar-refractivity contribution in [3.8, 4) is 0 Å². The average Bonchev–Trinajstić information content (AvgIpc) is 2.45. The van der Waals surface area contributed by atoms with E-state index < -0.39 is 5.60 Å². The van der Waals surface area contributed by atoms with Gasteiger partial charge in [-0.25, -0.2) is 9.78 Å². The second-order valence-corrected chi connectivity index (χ2v) is 7.47. The Morgan fingerprint density at radius 1 is 1.52 bits per heavy atom. The van der Waals surface area contributed by atoms with Crippen LogP contribution in [0.4, 0.5) is 10.5 Å². The molecular weight excluding hydrogens is 314 g/mol. The summed E-state index contributed by atoms with van der Waals surface area (Å²) in [7, 11) is 0. The second kappa shape index (κ2) is 7.39. The molecule has 1 amide bonds. The number of anilines is 1. The van der Waals surface area contributed by atoms with Gasteiger partial charge in [-0.1, -0.05) is 11.6 Å². The van der Waals surface area contributed by atoms with Crippen LogP contribution in [0.2, 0.25) is 5.15 Å². The van der Waals surface area contributed by atoms with E-state index in [1.165, 1.54) is 0 Å². The minimum absolute atomic E-state index is 0.224. The van der Waals surface area contributed by atoms with Gasteiger partial charge >= 0.3 is 6.09 Å². The number of nitrogens with one attached hydrogen (secondary N) is 1. The number of aryl methyl sites for hydroxylation is 1. The number of carbonyl (C=O) groups excluding carboxylic acids is 1. The average molecular weight is 340 g/mol. The van der Waals surface area contributed by atoms with Crippen molar-refractivity contribution in [2.45, 2.75) is 46.1 Å². The zero-order valence-corrected chi connectivity index (χ0v) is 15.1. The zero-order valence-electron chi connectivity index (χ0n) is 14.4. The third-order valence-electron chi connectivity index (χ3n) is 3.85. The molecule has 0 radical (unpaired) electrons. The van der Waals surface area contributed by atoms with Crippen LogP contribution >= 0.6 is 11.6 Å². The summed E-state index contributed by atoms with van der Waals surface area (Å²) < 4.78 is 5.46. The van der Waals surface area contributed by atoms with Crippen molar-refractivity contribution >= 4 is 23.4 Å². The van der Waals surface area contributed by atoms with Crippen molar-refractivity contribution in [3.63, 3.8) is 0 Å². The van der Waals surface area contributed by atoms with Crippen LogP contribution in [-0.4, -0.2) is 41.2 Å². The lowest BCUT2D eigenvalue weighted by molar-refractivity contribution is 0.0172. The number of halogens is 1. The number of piperidine rings is 1. The number of pyridine rings is 1. The second-order valence-electron chi connectivity index (χ2n) is 7.11. The van der Waals surface area contributed by atoms with Gasteiger partial charge in [0.15, 0.2) is 5.15 Å². The predicted molar refractivity (Wildman–Crippen MR) is 93.0 cm³/mol. The van der Waals surface area contributed by atoms with Crippen molar-refractivity contribution in [1.82, 2.24) is 9.88 Å². The fraction of sp³-hybridized carbons (Fsp3) is 0.647. The smallest absolute Gasteiger partial charge is 0.410 e. The van der Waals surface area contributed by atoms with Crippen molar-refractivity contribution in [2.24, 2.45) is 5.92 Å². The van der Waals surface area contributed by atoms with Crippen molar-refractivity contribution in [2.75, 3.05) is 25.0 Å². The summed E-state index contributed by atoms with van der Waals surface area (Å²) in [5.41, 5.74) is 1.50. The molecule has 2 heterocycles. The van der Waals surface area contributed by atoms with E-state index in [1.54, 1.807) is 11.1 Å². The third-order valence-corrected chi connectivity index (χ3v) is 4.14. The summed E-state index contributed by atoms with van der Waals surface area (Å²) in [4.78, 5) is 18.1. The van der Waals surface area contributed by atoms with Crippen LogP contribution in [0.25, 0.3) is 0 Å². The molecule has 0 bridgehead atoms. The van der Waals surface area contributed by atoms with Crippen LogP contribution in [0.5, 0.6) is 0 Å². The van der Waals surface area contributed by atoms with Crippen molar-refractivity contribution in [3.05, 3.63) is 23.0 Å². The molecule has 6 heteroatoms. The van der Waals surface area contributed by atoms with Crippen molar-refractivity contribution in [1.29, 1.82) is 0 Å². The molecule has 1 saturated heterocycles. The number of ether oxygens (including phenoxy) is 1. The first kappa shape index (κ1) is 17.9. The summed E-state index contributed by atoms with van der Waals surface area (Å²) in [6.07, 6.45) is 3.56. The maximum Gasteiger partial charge on any atom is 0.410 e. The van der Waals surface area contributed by atoms with Gasteiger partial charge in [0.05, 0.1) is 5.69 Å². The zero-order chi connectivity index (χ0) is 17.0. The Hall–Kier alpha value is -1.49. The van der Waals surface area contributed by atoms with Gasteiger partial charge in [-0.15, -0.1) is 0 Å². The van der Waals surface area contributed by atoms with E-state index in [2.05, 4.69) is 10.3 Å². The summed E-state index contributed by atoms with van der Waals surface area (Å²) in [5.74, 6) is 0.381. The number of aromatic nitrogens is 1. The highest BCUT2D eigenvalue weighted by molar-refractivity contribution is 6.32. The molecule has 2 rings (SSSR count). The lowest BCUT2D eigenvalue weighted by Crippen LogP contribution is -2.44. The molecule has 1 aliphatic heterocycles. The predicted octanol–water partition coefficient (Wildman–Crippen LogP) is 4.10. The maximum atomic E-state index is 12.2. The van der Waals surface area contributed by atoms with Gasteiger partial charge in [-0.3, -0.25) is 0 Å². The van der Waals surface area contributed by atoms with Gasteiger partial charge in [0, 0.05) is 25.8 Å². The first-order chi connectivity index (χ1) is 10.8. The Morgan fingerprint density at radius 3 is 2.91 bits per heavy atom. The highest BCUT2D eigenvalue weighted by Crippen LogP contribution is 2.25. The highest BCUT2D eigenvalue weighted by Gasteiger charge is 2.27. The van der Waals surface area contributed by atoms with Gasteiger partial charge in [-0.05, 0) is 58.1 Å². The number of likely N-dealkylation sites (tertiary alicyclic amines) is 1. The molecule has 0 saturated carbocycles. The van der Waals surface area contributed by atoms with Gasteiger partial charge in [-0.2, -0.15) is 0 Å². The van der Waals surface area contributed by atoms with E-state index in [4.69, 9.17) is 16.3 Å². The molecule has 5 nitrogen and oxygen atoms in total. The Bertz CT molecular complexity index is 537. The third kappa shape index (κ3) is 5.27. The van der Waals surface area contributed by atoms with Crippen LogP contribution in [0.15, 0.2) is 12.3 Å². The van der Waals surface area contributed by atoms with E-state index in [0.29, 0.717) is 17.6 Å². The van der Waals surface area contributed by atoms with Gasteiger partial charge in [0.25, 0.3) is 0 Å². The van der Waals surface area contributed by atoms with Crippen LogP contribution in [0.1, 0.15) is 39.2 Å². The minimum atomic E-state index is -0.456. The maximum absolute atomic E-state index is 12.2. The molecule has 1 N–H and O–H groups in total. The largest absolute Gasteiger partial charge is 0.444 e. The number of amides is 1. The summed E-state index contributed by atoms with van der Waals surface area (Å²) >= 11 is 6.14. The first-order valence-electron chi connectivity index (χ1n) is 8.09. The molecular formula is C17H26ClN3O2. The molecule has 1 fully saturated rings. The van der Waals surface area contributed by atoms with E-state index in [0.717, 1.165) is 37.2 Å². The minimum Gasteiger partial charge on any atom is -0.444 e. The molecule has 1 aliphatic rings. The molecule has 1 atom stereocenters. The van der Waals surface area contributed by atoms with Gasteiger partial charge in [0.2, 0.25) is 0 Å². The van der Waals surface area contributed by atoms with E-state index >= 15 is 0 Å². The number of nitrogens with zero attached hydrogens (tertiary/aromatic N) is 2. The number of carbonyl (C=O) groups is 1. The van der Waals surface area contributed by atoms with Crippen LogP contribution < -0.4 is 5.32 Å². The lowest BCUT2D eigenvalue weighted by atomic mass is 9.98. The lowest BCUT2D eigenvalue weighted by Gasteiger charge is -2.34. The van der Waals surface area contributed by atoms with Gasteiger partial charge < -0.3 is 15.0 Å². The number of rotatable bonds is 3. The fourth-order valence-electron chi connectivity index (χ4n) is 2.71. The molecule has 0 spiro atoms. The quantitative estimate of drug-likeness (QED) is 0.842. The summed E-state index contributed by atoms with van der Waals surface area (Å²) in [5, 5.41) is 3.88. The fourth-order valence-corrected chi connectivity index (χ4v) is 2.98. The Labute approximate surface area is 143 Å². The van der Waals surface area contributed by atoms with Gasteiger partial charge in [0.1, 0.15) is 5.60 Å². The van der Waals surface area contributed by atoms with Crippen LogP contribution in [0, 0.1) is 12.8 Å². The topological polar surface area (TPSA) is 54.5 Å². The molecule has 1 unspecified atom stereocenters. The summed E-state index contributed by atoms with van der Waals surface area (Å²) in [6, 6.07) is 1.93. The molecule has 23 heavy (non-hydrogen) atoms. The molecule has 0 aromatic carbocycles. The van der Waals surface area contributed by atoms with Crippen LogP contribution in [-0.2, 0) is 4.74 Å². The molecule has 128 valence electrons. The van der Waals surface area contributed by atoms with E-state index in [9.17, 15) is 4.79 Å². The van der Waals surface area contributed by atoms with Crippen molar-refractivity contribution < 1.29 is 9.53 Å². The monoisotopic (exact) mass is 339 g/mol. The SMILES string of the molecule is Cc1ccnc(Cl)c1NCC1CCCN(C(=O)OC(C)(C)C)C1. The normalized spacial score (nSPS) is 18.7. The molecule has 1 aromatic rings.